The highest BCUT2D eigenvalue weighted by atomic mass is 32.1. The zero-order valence-corrected chi connectivity index (χ0v) is 8.86. The van der Waals surface area contributed by atoms with Crippen molar-refractivity contribution in [1.82, 2.24) is 20.3 Å². The molecule has 0 unspecified atom stereocenters. The van der Waals surface area contributed by atoms with Gasteiger partial charge in [0, 0.05) is 6.07 Å². The number of nitrogens with zero attached hydrogens (tertiary/aromatic N) is 3. The van der Waals surface area contributed by atoms with Crippen molar-refractivity contribution in [3.05, 3.63) is 23.6 Å². The first kappa shape index (κ1) is 9.10. The molecule has 3 rings (SSSR count). The summed E-state index contributed by atoms with van der Waals surface area (Å²) in [6.07, 6.45) is 0. The van der Waals surface area contributed by atoms with E-state index in [9.17, 15) is 0 Å². The SMILES string of the molecule is Nc1cc(-c2nc(-c3cccs3)no2)[nH]n1. The highest BCUT2D eigenvalue weighted by Crippen LogP contribution is 2.24. The van der Waals surface area contributed by atoms with E-state index in [4.69, 9.17) is 10.3 Å². The highest BCUT2D eigenvalue weighted by Gasteiger charge is 2.12. The molecule has 6 nitrogen and oxygen atoms in total. The number of nitrogens with one attached hydrogen (secondary N) is 1. The summed E-state index contributed by atoms with van der Waals surface area (Å²) in [5.74, 6) is 1.34. The summed E-state index contributed by atoms with van der Waals surface area (Å²) >= 11 is 1.55. The molecule has 0 aliphatic heterocycles. The zero-order valence-electron chi connectivity index (χ0n) is 8.04. The van der Waals surface area contributed by atoms with Gasteiger partial charge in [0.25, 0.3) is 5.89 Å². The first-order chi connectivity index (χ1) is 7.83. The number of hydrogen-bond donors (Lipinski definition) is 2. The average molecular weight is 233 g/mol. The van der Waals surface area contributed by atoms with Gasteiger partial charge in [-0.1, -0.05) is 11.2 Å². The highest BCUT2D eigenvalue weighted by molar-refractivity contribution is 7.13. The van der Waals surface area contributed by atoms with Gasteiger partial charge in [-0.05, 0) is 11.4 Å². The van der Waals surface area contributed by atoms with Gasteiger partial charge in [0.05, 0.1) is 4.88 Å². The van der Waals surface area contributed by atoms with Crippen molar-refractivity contribution in [2.24, 2.45) is 0 Å². The molecule has 0 atom stereocenters. The Morgan fingerprint density at radius 3 is 3.06 bits per heavy atom. The molecule has 7 heteroatoms. The van der Waals surface area contributed by atoms with Gasteiger partial charge in [-0.25, -0.2) is 0 Å². The molecule has 3 aromatic rings. The Labute approximate surface area is 94.1 Å². The second-order valence-corrected chi connectivity index (χ2v) is 4.05. The van der Waals surface area contributed by atoms with E-state index in [1.165, 1.54) is 0 Å². The normalized spacial score (nSPS) is 10.8. The Morgan fingerprint density at radius 2 is 2.38 bits per heavy atom. The molecule has 3 N–H and O–H groups in total. The van der Waals surface area contributed by atoms with Gasteiger partial charge in [0.2, 0.25) is 5.82 Å². The minimum atomic E-state index is 0.382. The third-order valence-electron chi connectivity index (χ3n) is 2.00. The molecule has 0 saturated heterocycles. The maximum absolute atomic E-state index is 5.49. The van der Waals surface area contributed by atoms with E-state index in [0.29, 0.717) is 23.2 Å². The fourth-order valence-corrected chi connectivity index (χ4v) is 1.93. The Hall–Kier alpha value is -2.15. The Kier molecular flexibility index (Phi) is 1.97. The molecule has 0 aliphatic carbocycles. The van der Waals surface area contributed by atoms with E-state index in [0.717, 1.165) is 4.88 Å². The molecule has 16 heavy (non-hydrogen) atoms. The van der Waals surface area contributed by atoms with E-state index in [1.807, 2.05) is 17.5 Å². The number of anilines is 1. The number of rotatable bonds is 2. The molecule has 0 saturated carbocycles. The van der Waals surface area contributed by atoms with Crippen molar-refractivity contribution in [2.45, 2.75) is 0 Å². The quantitative estimate of drug-likeness (QED) is 0.703. The van der Waals surface area contributed by atoms with Gasteiger partial charge < -0.3 is 10.3 Å². The van der Waals surface area contributed by atoms with Crippen LogP contribution in [-0.2, 0) is 0 Å². The van der Waals surface area contributed by atoms with Crippen molar-refractivity contribution in [1.29, 1.82) is 0 Å². The molecular weight excluding hydrogens is 226 g/mol. The topological polar surface area (TPSA) is 93.6 Å². The predicted octanol–water partition coefficient (Wildman–Crippen LogP) is 1.77. The van der Waals surface area contributed by atoms with Crippen LogP contribution >= 0.6 is 11.3 Å². The Morgan fingerprint density at radius 1 is 1.44 bits per heavy atom. The van der Waals surface area contributed by atoms with Crippen molar-refractivity contribution >= 4 is 17.2 Å². The standard InChI is InChI=1S/C9H7N5OS/c10-7-4-5(12-13-7)9-11-8(14-15-9)6-2-1-3-16-6/h1-4H,(H3,10,12,13). The lowest BCUT2D eigenvalue weighted by atomic mass is 10.4. The van der Waals surface area contributed by atoms with Gasteiger partial charge in [-0.2, -0.15) is 10.1 Å². The van der Waals surface area contributed by atoms with Crippen LogP contribution in [0.4, 0.5) is 5.82 Å². The average Bonchev–Trinajstić information content (AvgIpc) is 2.97. The summed E-state index contributed by atoms with van der Waals surface area (Å²) in [5, 5.41) is 12.3. The van der Waals surface area contributed by atoms with Crippen molar-refractivity contribution in [3.63, 3.8) is 0 Å². The van der Waals surface area contributed by atoms with E-state index in [2.05, 4.69) is 20.3 Å². The van der Waals surface area contributed by atoms with Gasteiger partial charge in [0.15, 0.2) is 0 Å². The second kappa shape index (κ2) is 3.46. The van der Waals surface area contributed by atoms with Crippen LogP contribution < -0.4 is 5.73 Å². The number of thiophene rings is 1. The first-order valence-electron chi connectivity index (χ1n) is 4.52. The molecule has 80 valence electrons. The minimum Gasteiger partial charge on any atom is -0.382 e. The molecule has 0 bridgehead atoms. The molecule has 0 amide bonds. The smallest absolute Gasteiger partial charge is 0.276 e. The molecule has 0 spiro atoms. The van der Waals surface area contributed by atoms with Crippen LogP contribution in [0.15, 0.2) is 28.1 Å². The van der Waals surface area contributed by atoms with Gasteiger partial charge in [-0.3, -0.25) is 5.10 Å². The summed E-state index contributed by atoms with van der Waals surface area (Å²) in [7, 11) is 0. The monoisotopic (exact) mass is 233 g/mol. The van der Waals surface area contributed by atoms with Crippen LogP contribution in [0.3, 0.4) is 0 Å². The van der Waals surface area contributed by atoms with Crippen molar-refractivity contribution < 1.29 is 4.52 Å². The summed E-state index contributed by atoms with van der Waals surface area (Å²) in [6, 6.07) is 5.51. The van der Waals surface area contributed by atoms with Crippen LogP contribution in [0.25, 0.3) is 22.3 Å². The maximum Gasteiger partial charge on any atom is 0.276 e. The molecule has 0 fully saturated rings. The second-order valence-electron chi connectivity index (χ2n) is 3.11. The lowest BCUT2D eigenvalue weighted by Crippen LogP contribution is -1.81. The molecule has 0 radical (unpaired) electrons. The minimum absolute atomic E-state index is 0.382. The Bertz CT molecular complexity index is 597. The number of aromatic amines is 1. The zero-order chi connectivity index (χ0) is 11.0. The predicted molar refractivity (Wildman–Crippen MR) is 59.6 cm³/mol. The lowest BCUT2D eigenvalue weighted by Gasteiger charge is -1.83. The van der Waals surface area contributed by atoms with Crippen LogP contribution in [0.2, 0.25) is 0 Å². The number of nitrogen functional groups attached to an aromatic ring is 1. The molecule has 3 aromatic heterocycles. The Balaban J connectivity index is 2.00. The lowest BCUT2D eigenvalue weighted by molar-refractivity contribution is 0.431. The first-order valence-corrected chi connectivity index (χ1v) is 5.40. The van der Waals surface area contributed by atoms with E-state index in [1.54, 1.807) is 17.4 Å². The van der Waals surface area contributed by atoms with Gasteiger partial charge in [-0.15, -0.1) is 11.3 Å². The van der Waals surface area contributed by atoms with Crippen molar-refractivity contribution in [2.75, 3.05) is 5.73 Å². The number of aromatic nitrogens is 4. The molecular formula is C9H7N5OS. The molecule has 0 aliphatic rings. The summed E-state index contributed by atoms with van der Waals surface area (Å²) in [6.45, 7) is 0. The van der Waals surface area contributed by atoms with Crippen molar-refractivity contribution in [3.8, 4) is 22.3 Å². The van der Waals surface area contributed by atoms with Gasteiger partial charge in [0.1, 0.15) is 11.5 Å². The van der Waals surface area contributed by atoms with Gasteiger partial charge >= 0.3 is 0 Å². The summed E-state index contributed by atoms with van der Waals surface area (Å²) in [4.78, 5) is 5.20. The third-order valence-corrected chi connectivity index (χ3v) is 2.86. The molecule has 3 heterocycles. The maximum atomic E-state index is 5.49. The van der Waals surface area contributed by atoms with Crippen LogP contribution in [0, 0.1) is 0 Å². The fourth-order valence-electron chi connectivity index (χ4n) is 1.29. The van der Waals surface area contributed by atoms with Crippen LogP contribution in [0.1, 0.15) is 0 Å². The van der Waals surface area contributed by atoms with E-state index >= 15 is 0 Å². The largest absolute Gasteiger partial charge is 0.382 e. The van der Waals surface area contributed by atoms with E-state index < -0.39 is 0 Å². The number of hydrogen-bond acceptors (Lipinski definition) is 6. The third kappa shape index (κ3) is 1.47. The number of H-pyrrole nitrogens is 1. The summed E-state index contributed by atoms with van der Waals surface area (Å²) < 4.78 is 5.11. The summed E-state index contributed by atoms with van der Waals surface area (Å²) in [5.41, 5.74) is 6.11. The van der Waals surface area contributed by atoms with Crippen LogP contribution in [-0.4, -0.2) is 20.3 Å². The van der Waals surface area contributed by atoms with E-state index in [-0.39, 0.29) is 0 Å². The van der Waals surface area contributed by atoms with Crippen LogP contribution in [0.5, 0.6) is 0 Å². The number of nitrogens with two attached hydrogens (primary N) is 1. The fraction of sp³-hybridized carbons (Fsp3) is 0. The molecule has 0 aromatic carbocycles.